The summed E-state index contributed by atoms with van der Waals surface area (Å²) in [5, 5.41) is 0.762. The Bertz CT molecular complexity index is 684. The zero-order valence-corrected chi connectivity index (χ0v) is 9.96. The maximum absolute atomic E-state index is 13.1. The zero-order chi connectivity index (χ0) is 11.8. The third kappa shape index (κ3) is 1.87. The number of halogens is 2. The highest BCUT2D eigenvalue weighted by atomic mass is 35.5. The minimum atomic E-state index is -0.353. The quantitative estimate of drug-likeness (QED) is 0.632. The first kappa shape index (κ1) is 10.6. The standard InChI is InChI=1S/C11H5ClFN3S/c12-10-7-3-6(13)1-2-8(7)15-11(16-10)9-4-14-5-17-9/h1-5H. The molecule has 0 atom stereocenters. The van der Waals surface area contributed by atoms with Gasteiger partial charge in [0, 0.05) is 11.6 Å². The lowest BCUT2D eigenvalue weighted by Crippen LogP contribution is -1.90. The Labute approximate surface area is 105 Å². The third-order valence-corrected chi connectivity index (χ3v) is 3.32. The lowest BCUT2D eigenvalue weighted by molar-refractivity contribution is 0.629. The van der Waals surface area contributed by atoms with E-state index in [9.17, 15) is 4.39 Å². The molecule has 0 amide bonds. The van der Waals surface area contributed by atoms with Crippen LogP contribution in [0.3, 0.4) is 0 Å². The van der Waals surface area contributed by atoms with Gasteiger partial charge in [0.2, 0.25) is 0 Å². The second-order valence-electron chi connectivity index (χ2n) is 3.37. The summed E-state index contributed by atoms with van der Waals surface area (Å²) in [5.74, 6) is 0.158. The molecule has 0 aliphatic heterocycles. The molecule has 1 aromatic carbocycles. The summed E-state index contributed by atoms with van der Waals surface area (Å²) >= 11 is 7.45. The Morgan fingerprint density at radius 2 is 2.12 bits per heavy atom. The van der Waals surface area contributed by atoms with E-state index in [1.54, 1.807) is 17.8 Å². The SMILES string of the molecule is Fc1ccc2nc(-c3cncs3)nc(Cl)c2c1. The molecule has 0 radical (unpaired) electrons. The van der Waals surface area contributed by atoms with Gasteiger partial charge in [0.1, 0.15) is 11.0 Å². The number of hydrogen-bond donors (Lipinski definition) is 0. The second kappa shape index (κ2) is 4.01. The van der Waals surface area contributed by atoms with Crippen molar-refractivity contribution >= 4 is 33.8 Å². The molecule has 0 fully saturated rings. The summed E-state index contributed by atoms with van der Waals surface area (Å²) < 4.78 is 13.1. The van der Waals surface area contributed by atoms with Crippen molar-refractivity contribution in [3.8, 4) is 10.7 Å². The van der Waals surface area contributed by atoms with Crippen molar-refractivity contribution in [2.45, 2.75) is 0 Å². The van der Waals surface area contributed by atoms with E-state index in [1.165, 1.54) is 23.5 Å². The zero-order valence-electron chi connectivity index (χ0n) is 8.39. The maximum Gasteiger partial charge on any atom is 0.173 e. The van der Waals surface area contributed by atoms with E-state index < -0.39 is 0 Å². The second-order valence-corrected chi connectivity index (χ2v) is 4.61. The third-order valence-electron chi connectivity index (χ3n) is 2.26. The highest BCUT2D eigenvalue weighted by molar-refractivity contribution is 7.13. The minimum absolute atomic E-state index is 0.248. The van der Waals surface area contributed by atoms with Crippen LogP contribution >= 0.6 is 22.9 Å². The van der Waals surface area contributed by atoms with E-state index >= 15 is 0 Å². The number of rotatable bonds is 1. The van der Waals surface area contributed by atoms with Gasteiger partial charge in [-0.2, -0.15) is 0 Å². The monoisotopic (exact) mass is 265 g/mol. The Hall–Kier alpha value is -1.59. The molecule has 6 heteroatoms. The van der Waals surface area contributed by atoms with Crippen molar-refractivity contribution in [2.24, 2.45) is 0 Å². The van der Waals surface area contributed by atoms with Crippen LogP contribution < -0.4 is 0 Å². The normalized spacial score (nSPS) is 10.9. The van der Waals surface area contributed by atoms with E-state index in [0.717, 1.165) is 4.88 Å². The first-order valence-corrected chi connectivity index (χ1v) is 6.01. The lowest BCUT2D eigenvalue weighted by Gasteiger charge is -2.02. The topological polar surface area (TPSA) is 38.7 Å². The predicted molar refractivity (Wildman–Crippen MR) is 65.6 cm³/mol. The van der Waals surface area contributed by atoms with Crippen LogP contribution in [0.15, 0.2) is 29.9 Å². The van der Waals surface area contributed by atoms with Crippen LogP contribution in [0.2, 0.25) is 5.15 Å². The Morgan fingerprint density at radius 1 is 1.24 bits per heavy atom. The van der Waals surface area contributed by atoms with Crippen LogP contribution in [-0.2, 0) is 0 Å². The minimum Gasteiger partial charge on any atom is -0.252 e. The summed E-state index contributed by atoms with van der Waals surface area (Å²) in [6.07, 6.45) is 1.67. The Balaban J connectivity index is 2.28. The van der Waals surface area contributed by atoms with Gasteiger partial charge in [-0.15, -0.1) is 11.3 Å². The summed E-state index contributed by atoms with van der Waals surface area (Å²) in [4.78, 5) is 13.3. The number of nitrogens with zero attached hydrogens (tertiary/aromatic N) is 3. The molecule has 0 aliphatic carbocycles. The fourth-order valence-electron chi connectivity index (χ4n) is 1.50. The average Bonchev–Trinajstić information content (AvgIpc) is 2.83. The van der Waals surface area contributed by atoms with E-state index in [0.29, 0.717) is 16.7 Å². The van der Waals surface area contributed by atoms with E-state index in [4.69, 9.17) is 11.6 Å². The predicted octanol–water partition coefficient (Wildman–Crippen LogP) is 3.55. The van der Waals surface area contributed by atoms with E-state index in [1.807, 2.05) is 0 Å². The van der Waals surface area contributed by atoms with Crippen molar-refractivity contribution < 1.29 is 4.39 Å². The molecule has 2 aromatic heterocycles. The average molecular weight is 266 g/mol. The van der Waals surface area contributed by atoms with Crippen LogP contribution in [0.4, 0.5) is 4.39 Å². The van der Waals surface area contributed by atoms with Gasteiger partial charge in [-0.25, -0.2) is 14.4 Å². The first-order chi connectivity index (χ1) is 8.24. The van der Waals surface area contributed by atoms with Gasteiger partial charge in [0.05, 0.1) is 15.9 Å². The van der Waals surface area contributed by atoms with Crippen LogP contribution in [0.5, 0.6) is 0 Å². The first-order valence-electron chi connectivity index (χ1n) is 4.76. The summed E-state index contributed by atoms with van der Waals surface area (Å²) in [5.41, 5.74) is 2.32. The van der Waals surface area contributed by atoms with Gasteiger partial charge in [-0.05, 0) is 18.2 Å². The fourth-order valence-corrected chi connectivity index (χ4v) is 2.28. The van der Waals surface area contributed by atoms with Crippen molar-refractivity contribution in [1.29, 1.82) is 0 Å². The van der Waals surface area contributed by atoms with Gasteiger partial charge in [0.25, 0.3) is 0 Å². The molecule has 84 valence electrons. The van der Waals surface area contributed by atoms with Gasteiger partial charge in [0.15, 0.2) is 5.82 Å². The summed E-state index contributed by atoms with van der Waals surface area (Å²) in [7, 11) is 0. The molecule has 0 N–H and O–H groups in total. The van der Waals surface area contributed by atoms with E-state index in [-0.39, 0.29) is 11.0 Å². The largest absolute Gasteiger partial charge is 0.252 e. The van der Waals surface area contributed by atoms with Crippen LogP contribution in [0, 0.1) is 5.82 Å². The molecule has 17 heavy (non-hydrogen) atoms. The molecule has 3 aromatic rings. The van der Waals surface area contributed by atoms with Crippen molar-refractivity contribution in [3.63, 3.8) is 0 Å². The fraction of sp³-hybridized carbons (Fsp3) is 0. The smallest absolute Gasteiger partial charge is 0.173 e. The molecule has 0 aliphatic rings. The Kier molecular flexibility index (Phi) is 2.49. The highest BCUT2D eigenvalue weighted by Gasteiger charge is 2.09. The van der Waals surface area contributed by atoms with Crippen molar-refractivity contribution in [3.05, 3.63) is 40.9 Å². The number of aromatic nitrogens is 3. The molecular formula is C11H5ClFN3S. The summed E-state index contributed by atoms with van der Waals surface area (Å²) in [6, 6.07) is 4.26. The molecule has 0 unspecified atom stereocenters. The van der Waals surface area contributed by atoms with Crippen LogP contribution in [0.1, 0.15) is 0 Å². The number of fused-ring (bicyclic) bond motifs is 1. The highest BCUT2D eigenvalue weighted by Crippen LogP contribution is 2.26. The van der Waals surface area contributed by atoms with Crippen LogP contribution in [0.25, 0.3) is 21.6 Å². The van der Waals surface area contributed by atoms with E-state index in [2.05, 4.69) is 15.0 Å². The molecule has 0 bridgehead atoms. The lowest BCUT2D eigenvalue weighted by atomic mass is 10.2. The molecular weight excluding hydrogens is 261 g/mol. The molecule has 0 saturated carbocycles. The van der Waals surface area contributed by atoms with Gasteiger partial charge in [-0.3, -0.25) is 4.98 Å². The maximum atomic E-state index is 13.1. The Morgan fingerprint density at radius 3 is 2.88 bits per heavy atom. The number of thiazole rings is 1. The number of hydrogen-bond acceptors (Lipinski definition) is 4. The van der Waals surface area contributed by atoms with Gasteiger partial charge >= 0.3 is 0 Å². The van der Waals surface area contributed by atoms with Crippen molar-refractivity contribution in [1.82, 2.24) is 15.0 Å². The molecule has 0 saturated heterocycles. The molecule has 3 rings (SSSR count). The van der Waals surface area contributed by atoms with Gasteiger partial charge < -0.3 is 0 Å². The molecule has 3 nitrogen and oxygen atoms in total. The molecule has 0 spiro atoms. The van der Waals surface area contributed by atoms with Gasteiger partial charge in [-0.1, -0.05) is 11.6 Å². The van der Waals surface area contributed by atoms with Crippen molar-refractivity contribution in [2.75, 3.05) is 0 Å². The van der Waals surface area contributed by atoms with Crippen LogP contribution in [-0.4, -0.2) is 15.0 Å². The summed E-state index contributed by atoms with van der Waals surface area (Å²) in [6.45, 7) is 0. The number of benzene rings is 1. The molecule has 2 heterocycles.